The molecule has 0 aliphatic carbocycles. The highest BCUT2D eigenvalue weighted by Gasteiger charge is 2.34. The number of piperidine rings is 1. The Bertz CT molecular complexity index is 429. The van der Waals surface area contributed by atoms with Crippen LogP contribution in [0.25, 0.3) is 0 Å². The number of nitrogens with one attached hydrogen (secondary N) is 1. The molecule has 2 aliphatic heterocycles. The van der Waals surface area contributed by atoms with E-state index < -0.39 is 0 Å². The molecule has 0 radical (unpaired) electrons. The number of para-hydroxylation sites is 1. The van der Waals surface area contributed by atoms with E-state index in [1.54, 1.807) is 0 Å². The minimum atomic E-state index is 0.481. The molecule has 3 unspecified atom stereocenters. The normalized spacial score (nSPS) is 30.8. The molecule has 0 saturated carbocycles. The van der Waals surface area contributed by atoms with Gasteiger partial charge in [0.05, 0.1) is 6.61 Å². The summed E-state index contributed by atoms with van der Waals surface area (Å²) in [5.74, 6) is 1.61. The Balaban J connectivity index is 1.85. The largest absolute Gasteiger partial charge is 0.493 e. The summed E-state index contributed by atoms with van der Waals surface area (Å²) in [6.45, 7) is 5.41. The molecule has 0 aromatic heterocycles. The monoisotopic (exact) mass is 260 g/mol. The highest BCUT2D eigenvalue weighted by molar-refractivity contribution is 5.38. The molecule has 2 heterocycles. The number of hydrogen-bond donors (Lipinski definition) is 1. The lowest BCUT2D eigenvalue weighted by atomic mass is 9.89. The van der Waals surface area contributed by atoms with Gasteiger partial charge in [0, 0.05) is 30.1 Å². The first kappa shape index (κ1) is 12.9. The quantitative estimate of drug-likeness (QED) is 0.884. The van der Waals surface area contributed by atoms with Gasteiger partial charge >= 0.3 is 0 Å². The van der Waals surface area contributed by atoms with Crippen LogP contribution in [0.1, 0.15) is 31.4 Å². The second-order valence-electron chi connectivity index (χ2n) is 5.94. The fourth-order valence-electron chi connectivity index (χ4n) is 3.50. The summed E-state index contributed by atoms with van der Waals surface area (Å²) in [5.41, 5.74) is 1.36. The van der Waals surface area contributed by atoms with Crippen molar-refractivity contribution in [1.82, 2.24) is 10.2 Å². The van der Waals surface area contributed by atoms with Crippen LogP contribution in [0.5, 0.6) is 5.75 Å². The molecule has 1 aromatic rings. The van der Waals surface area contributed by atoms with Crippen molar-refractivity contribution in [2.24, 2.45) is 5.92 Å². The van der Waals surface area contributed by atoms with Gasteiger partial charge in [-0.3, -0.25) is 4.90 Å². The second-order valence-corrected chi connectivity index (χ2v) is 5.94. The SMILES string of the molecule is CC1COc2ccccc2C1N(C)C1CCCNC1. The zero-order valence-electron chi connectivity index (χ0n) is 11.9. The van der Waals surface area contributed by atoms with Crippen molar-refractivity contribution < 1.29 is 4.74 Å². The van der Waals surface area contributed by atoms with Crippen LogP contribution in [-0.2, 0) is 0 Å². The van der Waals surface area contributed by atoms with Gasteiger partial charge in [-0.05, 0) is 32.5 Å². The van der Waals surface area contributed by atoms with Crippen LogP contribution < -0.4 is 10.1 Å². The summed E-state index contributed by atoms with van der Waals surface area (Å²) in [7, 11) is 2.28. The number of fused-ring (bicyclic) bond motifs is 1. The predicted octanol–water partition coefficient (Wildman–Crippen LogP) is 2.44. The average Bonchev–Trinajstić information content (AvgIpc) is 2.47. The highest BCUT2D eigenvalue weighted by atomic mass is 16.5. The molecule has 3 heteroatoms. The summed E-state index contributed by atoms with van der Waals surface area (Å²) in [6.07, 6.45) is 2.59. The Hall–Kier alpha value is -1.06. The van der Waals surface area contributed by atoms with E-state index in [1.807, 2.05) is 0 Å². The van der Waals surface area contributed by atoms with Gasteiger partial charge in [-0.2, -0.15) is 0 Å². The Morgan fingerprint density at radius 3 is 2.95 bits per heavy atom. The van der Waals surface area contributed by atoms with E-state index in [2.05, 4.69) is 48.5 Å². The third-order valence-electron chi connectivity index (χ3n) is 4.56. The van der Waals surface area contributed by atoms with Crippen LogP contribution in [0.4, 0.5) is 0 Å². The van der Waals surface area contributed by atoms with Gasteiger partial charge in [0.25, 0.3) is 0 Å². The zero-order chi connectivity index (χ0) is 13.2. The third-order valence-corrected chi connectivity index (χ3v) is 4.56. The lowest BCUT2D eigenvalue weighted by molar-refractivity contribution is 0.0681. The number of benzene rings is 1. The molecular weight excluding hydrogens is 236 g/mol. The number of likely N-dealkylation sites (N-methyl/N-ethyl adjacent to an activating group) is 1. The first-order chi connectivity index (χ1) is 9.27. The second kappa shape index (κ2) is 5.51. The first-order valence-electron chi connectivity index (χ1n) is 7.41. The van der Waals surface area contributed by atoms with E-state index in [4.69, 9.17) is 4.74 Å². The van der Waals surface area contributed by atoms with Crippen LogP contribution in [0.3, 0.4) is 0 Å². The van der Waals surface area contributed by atoms with Gasteiger partial charge in [-0.25, -0.2) is 0 Å². The molecule has 0 amide bonds. The summed E-state index contributed by atoms with van der Waals surface area (Å²) in [6, 6.07) is 9.64. The van der Waals surface area contributed by atoms with E-state index in [0.717, 1.165) is 18.9 Å². The fraction of sp³-hybridized carbons (Fsp3) is 0.625. The van der Waals surface area contributed by atoms with Crippen LogP contribution >= 0.6 is 0 Å². The van der Waals surface area contributed by atoms with E-state index in [-0.39, 0.29) is 0 Å². The van der Waals surface area contributed by atoms with Gasteiger partial charge < -0.3 is 10.1 Å². The molecule has 3 nitrogen and oxygen atoms in total. The molecule has 0 spiro atoms. The molecular formula is C16H24N2O. The van der Waals surface area contributed by atoms with E-state index in [1.165, 1.54) is 24.9 Å². The molecule has 1 saturated heterocycles. The lowest BCUT2D eigenvalue weighted by Crippen LogP contribution is -2.48. The van der Waals surface area contributed by atoms with Crippen molar-refractivity contribution in [2.75, 3.05) is 26.7 Å². The minimum Gasteiger partial charge on any atom is -0.493 e. The Kier molecular flexibility index (Phi) is 3.76. The standard InChI is InChI=1S/C16H24N2O/c1-12-11-19-15-8-4-3-7-14(15)16(12)18(2)13-6-5-9-17-10-13/h3-4,7-8,12-13,16-17H,5-6,9-11H2,1-2H3. The van der Waals surface area contributed by atoms with Gasteiger partial charge in [-0.1, -0.05) is 25.1 Å². The van der Waals surface area contributed by atoms with Crippen molar-refractivity contribution in [3.05, 3.63) is 29.8 Å². The predicted molar refractivity (Wildman–Crippen MR) is 77.5 cm³/mol. The van der Waals surface area contributed by atoms with E-state index in [9.17, 15) is 0 Å². The molecule has 3 rings (SSSR count). The van der Waals surface area contributed by atoms with Crippen LogP contribution in [0.15, 0.2) is 24.3 Å². The Morgan fingerprint density at radius 2 is 2.16 bits per heavy atom. The number of nitrogens with zero attached hydrogens (tertiary/aromatic N) is 1. The summed E-state index contributed by atoms with van der Waals surface area (Å²) < 4.78 is 5.86. The summed E-state index contributed by atoms with van der Waals surface area (Å²) in [4.78, 5) is 2.57. The van der Waals surface area contributed by atoms with Crippen LogP contribution in [0.2, 0.25) is 0 Å². The van der Waals surface area contributed by atoms with Crippen molar-refractivity contribution in [2.45, 2.75) is 31.8 Å². The topological polar surface area (TPSA) is 24.5 Å². The molecule has 19 heavy (non-hydrogen) atoms. The first-order valence-corrected chi connectivity index (χ1v) is 7.41. The molecule has 1 aromatic carbocycles. The highest BCUT2D eigenvalue weighted by Crippen LogP contribution is 2.39. The summed E-state index contributed by atoms with van der Waals surface area (Å²) in [5, 5.41) is 3.52. The molecule has 3 atom stereocenters. The maximum atomic E-state index is 5.86. The van der Waals surface area contributed by atoms with Crippen molar-refractivity contribution in [3.63, 3.8) is 0 Å². The van der Waals surface area contributed by atoms with Crippen LogP contribution in [-0.4, -0.2) is 37.7 Å². The number of rotatable bonds is 2. The van der Waals surface area contributed by atoms with Crippen molar-refractivity contribution in [1.29, 1.82) is 0 Å². The maximum absolute atomic E-state index is 5.86. The Labute approximate surface area is 115 Å². The summed E-state index contributed by atoms with van der Waals surface area (Å²) >= 11 is 0. The molecule has 1 N–H and O–H groups in total. The fourth-order valence-corrected chi connectivity index (χ4v) is 3.50. The van der Waals surface area contributed by atoms with Crippen molar-refractivity contribution >= 4 is 0 Å². The lowest BCUT2D eigenvalue weighted by Gasteiger charge is -2.42. The Morgan fingerprint density at radius 1 is 1.32 bits per heavy atom. The average molecular weight is 260 g/mol. The molecule has 0 bridgehead atoms. The van der Waals surface area contributed by atoms with E-state index in [0.29, 0.717) is 18.0 Å². The number of ether oxygens (including phenoxy) is 1. The third kappa shape index (κ3) is 2.49. The molecule has 2 aliphatic rings. The maximum Gasteiger partial charge on any atom is 0.124 e. The van der Waals surface area contributed by atoms with Gasteiger partial charge in [0.1, 0.15) is 5.75 Å². The molecule has 104 valence electrons. The molecule has 1 fully saturated rings. The number of hydrogen-bond acceptors (Lipinski definition) is 3. The minimum absolute atomic E-state index is 0.481. The van der Waals surface area contributed by atoms with Gasteiger partial charge in [-0.15, -0.1) is 0 Å². The zero-order valence-corrected chi connectivity index (χ0v) is 11.9. The van der Waals surface area contributed by atoms with Crippen molar-refractivity contribution in [3.8, 4) is 5.75 Å². The van der Waals surface area contributed by atoms with Gasteiger partial charge in [0.15, 0.2) is 0 Å². The van der Waals surface area contributed by atoms with E-state index >= 15 is 0 Å². The smallest absolute Gasteiger partial charge is 0.124 e. The van der Waals surface area contributed by atoms with Gasteiger partial charge in [0.2, 0.25) is 0 Å². The van der Waals surface area contributed by atoms with Crippen LogP contribution in [0, 0.1) is 5.92 Å².